The maximum atomic E-state index is 12.8. The van der Waals surface area contributed by atoms with Crippen molar-refractivity contribution in [3.8, 4) is 0 Å². The predicted molar refractivity (Wildman–Crippen MR) is 114 cm³/mol. The van der Waals surface area contributed by atoms with Crippen molar-refractivity contribution < 1.29 is 30.0 Å². The highest BCUT2D eigenvalue weighted by molar-refractivity contribution is 9.10. The van der Waals surface area contributed by atoms with Gasteiger partial charge in [0.2, 0.25) is 0 Å². The van der Waals surface area contributed by atoms with Gasteiger partial charge in [0.05, 0.1) is 15.4 Å². The van der Waals surface area contributed by atoms with Gasteiger partial charge in [0.15, 0.2) is 0 Å². The lowest BCUT2D eigenvalue weighted by Crippen LogP contribution is -2.15. The normalized spacial score (nSPS) is 12.4. The topological polar surface area (TPSA) is 92.3 Å². The highest BCUT2D eigenvalue weighted by atomic mass is 79.9. The SMILES string of the molecule is O=S(=O)(Nc1ccc(S(=O)(=O)Nc2cccc(C(F)(F)F)c2)cc1)c1ccc(Br)cc1. The smallest absolute Gasteiger partial charge is 0.280 e. The first-order valence-corrected chi connectivity index (χ1v) is 12.2. The van der Waals surface area contributed by atoms with Crippen LogP contribution in [0.25, 0.3) is 0 Å². The van der Waals surface area contributed by atoms with Gasteiger partial charge in [-0.05, 0) is 66.7 Å². The summed E-state index contributed by atoms with van der Waals surface area (Å²) in [4.78, 5) is -0.241. The summed E-state index contributed by atoms with van der Waals surface area (Å²) < 4.78 is 93.3. The van der Waals surface area contributed by atoms with Crippen molar-refractivity contribution in [2.45, 2.75) is 16.0 Å². The molecule has 0 amide bonds. The van der Waals surface area contributed by atoms with Crippen LogP contribution in [0, 0.1) is 0 Å². The second-order valence-corrected chi connectivity index (χ2v) is 10.5. The van der Waals surface area contributed by atoms with E-state index in [1.807, 2.05) is 0 Å². The van der Waals surface area contributed by atoms with Crippen LogP contribution in [0.3, 0.4) is 0 Å². The van der Waals surface area contributed by atoms with Crippen molar-refractivity contribution >= 4 is 47.4 Å². The van der Waals surface area contributed by atoms with Gasteiger partial charge in [-0.25, -0.2) is 16.8 Å². The van der Waals surface area contributed by atoms with Gasteiger partial charge in [-0.3, -0.25) is 9.44 Å². The number of benzene rings is 3. The Balaban J connectivity index is 1.78. The first-order valence-electron chi connectivity index (χ1n) is 8.45. The molecule has 164 valence electrons. The third-order valence-electron chi connectivity index (χ3n) is 3.98. The first-order chi connectivity index (χ1) is 14.4. The summed E-state index contributed by atoms with van der Waals surface area (Å²) in [7, 11) is -8.08. The molecular weight excluding hydrogens is 521 g/mol. The van der Waals surface area contributed by atoms with E-state index < -0.39 is 31.8 Å². The van der Waals surface area contributed by atoms with Crippen LogP contribution in [0.5, 0.6) is 0 Å². The molecule has 3 aromatic carbocycles. The third kappa shape index (κ3) is 5.77. The molecule has 31 heavy (non-hydrogen) atoms. The number of alkyl halides is 3. The van der Waals surface area contributed by atoms with E-state index in [9.17, 15) is 30.0 Å². The van der Waals surface area contributed by atoms with Crippen molar-refractivity contribution in [3.05, 3.63) is 82.8 Å². The molecule has 0 atom stereocenters. The Morgan fingerprint density at radius 3 is 1.68 bits per heavy atom. The Hall–Kier alpha value is -2.57. The third-order valence-corrected chi connectivity index (χ3v) is 7.31. The van der Waals surface area contributed by atoms with E-state index in [0.29, 0.717) is 10.5 Å². The summed E-state index contributed by atoms with van der Waals surface area (Å²) in [5.74, 6) is 0. The fourth-order valence-corrected chi connectivity index (χ4v) is 4.88. The zero-order valence-corrected chi connectivity index (χ0v) is 18.6. The Morgan fingerprint density at radius 2 is 1.16 bits per heavy atom. The van der Waals surface area contributed by atoms with Crippen molar-refractivity contribution in [1.82, 2.24) is 0 Å². The molecular formula is C19H14BrF3N2O4S2. The summed E-state index contributed by atoms with van der Waals surface area (Å²) in [6.07, 6.45) is -4.62. The van der Waals surface area contributed by atoms with Gasteiger partial charge < -0.3 is 0 Å². The maximum absolute atomic E-state index is 12.8. The molecule has 0 spiro atoms. The molecule has 0 aliphatic heterocycles. The quantitative estimate of drug-likeness (QED) is 0.461. The summed E-state index contributed by atoms with van der Waals surface area (Å²) >= 11 is 3.21. The van der Waals surface area contributed by atoms with Gasteiger partial charge >= 0.3 is 6.18 Å². The van der Waals surface area contributed by atoms with Crippen molar-refractivity contribution in [2.75, 3.05) is 9.44 Å². The Morgan fingerprint density at radius 1 is 0.677 bits per heavy atom. The van der Waals surface area contributed by atoms with E-state index in [1.54, 1.807) is 12.1 Å². The Labute approximate surface area is 185 Å². The Bertz CT molecular complexity index is 1290. The summed E-state index contributed by atoms with van der Waals surface area (Å²) in [6.45, 7) is 0. The van der Waals surface area contributed by atoms with Crippen LogP contribution in [0.1, 0.15) is 5.56 Å². The van der Waals surface area contributed by atoms with E-state index in [-0.39, 0.29) is 21.2 Å². The second kappa shape index (κ2) is 8.52. The monoisotopic (exact) mass is 534 g/mol. The van der Waals surface area contributed by atoms with Crippen LogP contribution < -0.4 is 9.44 Å². The van der Waals surface area contributed by atoms with Crippen LogP contribution >= 0.6 is 15.9 Å². The molecule has 2 N–H and O–H groups in total. The van der Waals surface area contributed by atoms with Crippen LogP contribution in [0.2, 0.25) is 0 Å². The molecule has 3 aromatic rings. The van der Waals surface area contributed by atoms with E-state index in [0.717, 1.165) is 24.3 Å². The number of rotatable bonds is 6. The fraction of sp³-hybridized carbons (Fsp3) is 0.0526. The summed E-state index contributed by atoms with van der Waals surface area (Å²) in [5.41, 5.74) is -1.14. The van der Waals surface area contributed by atoms with Crippen LogP contribution in [-0.2, 0) is 26.2 Å². The molecule has 0 fully saturated rings. The van der Waals surface area contributed by atoms with Crippen LogP contribution in [0.15, 0.2) is 87.1 Å². The highest BCUT2D eigenvalue weighted by Gasteiger charge is 2.30. The second-order valence-electron chi connectivity index (χ2n) is 6.27. The zero-order valence-electron chi connectivity index (χ0n) is 15.4. The first kappa shape index (κ1) is 23.1. The minimum absolute atomic E-state index is 0.0126. The molecule has 6 nitrogen and oxygen atoms in total. The number of sulfonamides is 2. The molecule has 0 heterocycles. The van der Waals surface area contributed by atoms with Gasteiger partial charge in [0.25, 0.3) is 20.0 Å². The zero-order chi connectivity index (χ0) is 22.9. The number of hydrogen-bond acceptors (Lipinski definition) is 4. The molecule has 0 radical (unpaired) electrons. The molecule has 0 aliphatic carbocycles. The van der Waals surface area contributed by atoms with E-state index >= 15 is 0 Å². The molecule has 0 unspecified atom stereocenters. The lowest BCUT2D eigenvalue weighted by Gasteiger charge is -2.12. The number of anilines is 2. The molecule has 3 rings (SSSR count). The lowest BCUT2D eigenvalue weighted by atomic mass is 10.2. The van der Waals surface area contributed by atoms with Crippen molar-refractivity contribution in [1.29, 1.82) is 0 Å². The highest BCUT2D eigenvalue weighted by Crippen LogP contribution is 2.31. The van der Waals surface area contributed by atoms with Crippen molar-refractivity contribution in [3.63, 3.8) is 0 Å². The van der Waals surface area contributed by atoms with E-state index in [2.05, 4.69) is 25.4 Å². The molecule has 0 aromatic heterocycles. The lowest BCUT2D eigenvalue weighted by molar-refractivity contribution is -0.137. The average molecular weight is 535 g/mol. The number of hydrogen-bond donors (Lipinski definition) is 2. The molecule has 0 bridgehead atoms. The maximum Gasteiger partial charge on any atom is 0.416 e. The summed E-state index contributed by atoms with van der Waals surface area (Å²) in [5, 5.41) is 0. The molecule has 12 heteroatoms. The van der Waals surface area contributed by atoms with Gasteiger partial charge in [0, 0.05) is 15.8 Å². The molecule has 0 saturated heterocycles. The number of nitrogens with one attached hydrogen (secondary N) is 2. The van der Waals surface area contributed by atoms with Gasteiger partial charge in [0.1, 0.15) is 0 Å². The van der Waals surface area contributed by atoms with Gasteiger partial charge in [-0.2, -0.15) is 13.2 Å². The van der Waals surface area contributed by atoms with E-state index in [4.69, 9.17) is 0 Å². The van der Waals surface area contributed by atoms with Crippen LogP contribution in [0.4, 0.5) is 24.5 Å². The van der Waals surface area contributed by atoms with Gasteiger partial charge in [-0.1, -0.05) is 22.0 Å². The van der Waals surface area contributed by atoms with Gasteiger partial charge in [-0.15, -0.1) is 0 Å². The predicted octanol–water partition coefficient (Wildman–Crippen LogP) is 5.07. The minimum atomic E-state index is -4.62. The minimum Gasteiger partial charge on any atom is -0.280 e. The Kier molecular flexibility index (Phi) is 6.35. The van der Waals surface area contributed by atoms with Crippen molar-refractivity contribution in [2.24, 2.45) is 0 Å². The number of halogens is 4. The molecule has 0 saturated carbocycles. The van der Waals surface area contributed by atoms with E-state index in [1.165, 1.54) is 30.3 Å². The van der Waals surface area contributed by atoms with Crippen LogP contribution in [-0.4, -0.2) is 16.8 Å². The average Bonchev–Trinajstić information content (AvgIpc) is 2.67. The fourth-order valence-electron chi connectivity index (χ4n) is 2.50. The standard InChI is InChI=1S/C19H14BrF3N2O4S2/c20-14-4-8-17(9-5-14)30(26,27)24-15-6-10-18(11-7-15)31(28,29)25-16-3-1-2-13(12-16)19(21,22)23/h1-12,24-25H. The largest absolute Gasteiger partial charge is 0.416 e. The molecule has 0 aliphatic rings. The summed E-state index contributed by atoms with van der Waals surface area (Å²) in [6, 6.07) is 14.4.